The van der Waals surface area contributed by atoms with Crippen LogP contribution in [0.5, 0.6) is 0 Å². The molecule has 0 spiro atoms. The summed E-state index contributed by atoms with van der Waals surface area (Å²) in [5.41, 5.74) is 0.888. The molecule has 126 valence electrons. The third-order valence-electron chi connectivity index (χ3n) is 3.91. The molecule has 23 heavy (non-hydrogen) atoms. The van der Waals surface area contributed by atoms with Gasteiger partial charge in [0, 0.05) is 28.3 Å². The second-order valence-corrected chi connectivity index (χ2v) is 7.88. The summed E-state index contributed by atoms with van der Waals surface area (Å²) in [4.78, 5) is 12.1. The van der Waals surface area contributed by atoms with Crippen molar-refractivity contribution in [1.29, 1.82) is 0 Å². The highest BCUT2D eigenvalue weighted by atomic mass is 35.5. The summed E-state index contributed by atoms with van der Waals surface area (Å²) in [5.74, 6) is 0. The normalized spacial score (nSPS) is 20.4. The molecule has 1 aromatic rings. The van der Waals surface area contributed by atoms with Gasteiger partial charge in [0.05, 0.1) is 0 Å². The molecule has 1 aliphatic heterocycles. The standard InChI is InChI=1S/C18H26ClN3O/c1-17(2)11-14(12-18(3,4)22-17)21-16(23)20-10-9-13-7-5-6-8-15(13)19/h5-10,14,22H,11-12H2,1-4H3,(H2,20,21,23)/b10-9+. The number of hydrogen-bond donors (Lipinski definition) is 3. The zero-order valence-corrected chi connectivity index (χ0v) is 15.0. The number of carbonyl (C=O) groups is 1. The van der Waals surface area contributed by atoms with E-state index in [1.165, 1.54) is 0 Å². The molecule has 1 fully saturated rings. The van der Waals surface area contributed by atoms with E-state index in [0.717, 1.165) is 18.4 Å². The van der Waals surface area contributed by atoms with Crippen LogP contribution in [-0.2, 0) is 0 Å². The molecule has 0 aliphatic carbocycles. The molecule has 1 heterocycles. The van der Waals surface area contributed by atoms with E-state index in [9.17, 15) is 4.79 Å². The van der Waals surface area contributed by atoms with Crippen molar-refractivity contribution in [1.82, 2.24) is 16.0 Å². The second kappa shape index (κ2) is 6.93. The van der Waals surface area contributed by atoms with Crippen LogP contribution in [0.2, 0.25) is 5.02 Å². The van der Waals surface area contributed by atoms with E-state index >= 15 is 0 Å². The summed E-state index contributed by atoms with van der Waals surface area (Å²) < 4.78 is 0. The minimum atomic E-state index is -0.188. The molecule has 3 N–H and O–H groups in total. The predicted molar refractivity (Wildman–Crippen MR) is 96.5 cm³/mol. The topological polar surface area (TPSA) is 53.2 Å². The maximum absolute atomic E-state index is 12.1. The van der Waals surface area contributed by atoms with Gasteiger partial charge < -0.3 is 16.0 Å². The molecule has 1 aliphatic rings. The van der Waals surface area contributed by atoms with Crippen molar-refractivity contribution in [2.75, 3.05) is 0 Å². The van der Waals surface area contributed by atoms with Crippen LogP contribution in [0.3, 0.4) is 0 Å². The predicted octanol–water partition coefficient (Wildman–Crippen LogP) is 3.92. The molecule has 0 bridgehead atoms. The van der Waals surface area contributed by atoms with Crippen LogP contribution in [0.1, 0.15) is 46.1 Å². The van der Waals surface area contributed by atoms with Crippen LogP contribution in [0, 0.1) is 0 Å². The number of benzene rings is 1. The highest BCUT2D eigenvalue weighted by Gasteiger charge is 2.38. The van der Waals surface area contributed by atoms with Gasteiger partial charge in [-0.2, -0.15) is 0 Å². The average molecular weight is 336 g/mol. The van der Waals surface area contributed by atoms with Gasteiger partial charge >= 0.3 is 6.03 Å². The van der Waals surface area contributed by atoms with E-state index < -0.39 is 0 Å². The number of halogens is 1. The lowest BCUT2D eigenvalue weighted by Gasteiger charge is -2.46. The van der Waals surface area contributed by atoms with Crippen LogP contribution in [0.25, 0.3) is 6.08 Å². The zero-order valence-electron chi connectivity index (χ0n) is 14.2. The molecule has 0 radical (unpaired) electrons. The van der Waals surface area contributed by atoms with Crippen molar-refractivity contribution in [3.63, 3.8) is 0 Å². The molecule has 2 amide bonds. The third-order valence-corrected chi connectivity index (χ3v) is 4.25. The molecule has 5 heteroatoms. The Labute approximate surface area is 143 Å². The van der Waals surface area contributed by atoms with Crippen molar-refractivity contribution in [3.8, 4) is 0 Å². The van der Waals surface area contributed by atoms with Crippen molar-refractivity contribution in [2.45, 2.75) is 57.7 Å². The van der Waals surface area contributed by atoms with E-state index in [2.05, 4.69) is 43.6 Å². The fourth-order valence-electron chi connectivity index (χ4n) is 3.47. The Morgan fingerprint density at radius 2 is 1.83 bits per heavy atom. The van der Waals surface area contributed by atoms with Gasteiger partial charge in [-0.1, -0.05) is 29.8 Å². The van der Waals surface area contributed by atoms with Gasteiger partial charge in [-0.05, 0) is 58.2 Å². The Kier molecular flexibility index (Phi) is 5.37. The molecule has 1 aromatic carbocycles. The summed E-state index contributed by atoms with van der Waals surface area (Å²) in [6.45, 7) is 8.66. The summed E-state index contributed by atoms with van der Waals surface area (Å²) >= 11 is 6.07. The van der Waals surface area contributed by atoms with Crippen LogP contribution in [0.4, 0.5) is 4.79 Å². The third kappa shape index (κ3) is 5.56. The zero-order chi connectivity index (χ0) is 17.1. The second-order valence-electron chi connectivity index (χ2n) is 7.47. The molecule has 4 nitrogen and oxygen atoms in total. The van der Waals surface area contributed by atoms with Crippen LogP contribution < -0.4 is 16.0 Å². The van der Waals surface area contributed by atoms with Crippen molar-refractivity contribution < 1.29 is 4.79 Å². The number of nitrogens with one attached hydrogen (secondary N) is 3. The Morgan fingerprint density at radius 1 is 1.22 bits per heavy atom. The number of carbonyl (C=O) groups excluding carboxylic acids is 1. The van der Waals surface area contributed by atoms with Crippen molar-refractivity contribution in [2.24, 2.45) is 0 Å². The van der Waals surface area contributed by atoms with E-state index in [4.69, 9.17) is 11.6 Å². The maximum atomic E-state index is 12.1. The van der Waals surface area contributed by atoms with Crippen molar-refractivity contribution >= 4 is 23.7 Å². The van der Waals surface area contributed by atoms with Crippen LogP contribution in [-0.4, -0.2) is 23.2 Å². The molecule has 0 unspecified atom stereocenters. The highest BCUT2D eigenvalue weighted by Crippen LogP contribution is 2.28. The molecular formula is C18H26ClN3O. The smallest absolute Gasteiger partial charge is 0.318 e. The molecular weight excluding hydrogens is 310 g/mol. The molecule has 0 aromatic heterocycles. The summed E-state index contributed by atoms with van der Waals surface area (Å²) in [7, 11) is 0. The van der Waals surface area contributed by atoms with Crippen LogP contribution in [0.15, 0.2) is 30.5 Å². The first-order valence-corrected chi connectivity index (χ1v) is 8.32. The monoisotopic (exact) mass is 335 g/mol. The summed E-state index contributed by atoms with van der Waals surface area (Å²) in [6.07, 6.45) is 5.21. The quantitative estimate of drug-likeness (QED) is 0.784. The number of urea groups is 1. The van der Waals surface area contributed by atoms with Gasteiger partial charge in [-0.3, -0.25) is 0 Å². The molecule has 1 saturated heterocycles. The maximum Gasteiger partial charge on any atom is 0.318 e. The van der Waals surface area contributed by atoms with Gasteiger partial charge in [0.25, 0.3) is 0 Å². The highest BCUT2D eigenvalue weighted by molar-refractivity contribution is 6.32. The first kappa shape index (κ1) is 17.8. The van der Waals surface area contributed by atoms with E-state index in [-0.39, 0.29) is 23.2 Å². The Morgan fingerprint density at radius 3 is 2.43 bits per heavy atom. The fraction of sp³-hybridized carbons (Fsp3) is 0.500. The van der Waals surface area contributed by atoms with Crippen molar-refractivity contribution in [3.05, 3.63) is 41.1 Å². The van der Waals surface area contributed by atoms with Crippen LogP contribution >= 0.6 is 11.6 Å². The number of piperidine rings is 1. The average Bonchev–Trinajstić information content (AvgIpc) is 2.37. The molecule has 0 atom stereocenters. The molecule has 0 saturated carbocycles. The Balaban J connectivity index is 1.89. The fourth-order valence-corrected chi connectivity index (χ4v) is 3.67. The minimum absolute atomic E-state index is 0.00704. The molecule has 2 rings (SSSR count). The number of amides is 2. The number of hydrogen-bond acceptors (Lipinski definition) is 2. The first-order valence-electron chi connectivity index (χ1n) is 7.94. The lowest BCUT2D eigenvalue weighted by Crippen LogP contribution is -2.62. The van der Waals surface area contributed by atoms with E-state index in [1.54, 1.807) is 12.3 Å². The largest absolute Gasteiger partial charge is 0.335 e. The Hall–Kier alpha value is -1.52. The lowest BCUT2D eigenvalue weighted by molar-refractivity contribution is 0.148. The summed E-state index contributed by atoms with van der Waals surface area (Å²) in [6, 6.07) is 7.46. The SMILES string of the molecule is CC1(C)CC(NC(=O)N/C=C/c2ccccc2Cl)CC(C)(C)N1. The van der Waals surface area contributed by atoms with Gasteiger partial charge in [0.2, 0.25) is 0 Å². The summed E-state index contributed by atoms with van der Waals surface area (Å²) in [5, 5.41) is 10.1. The number of rotatable bonds is 3. The Bertz CT molecular complexity index is 580. The van der Waals surface area contributed by atoms with Gasteiger partial charge in [0.1, 0.15) is 0 Å². The van der Waals surface area contributed by atoms with Gasteiger partial charge in [-0.25, -0.2) is 4.79 Å². The van der Waals surface area contributed by atoms with Gasteiger partial charge in [0.15, 0.2) is 0 Å². The lowest BCUT2D eigenvalue weighted by atomic mass is 9.80. The van der Waals surface area contributed by atoms with E-state index in [1.807, 2.05) is 24.3 Å². The van der Waals surface area contributed by atoms with Gasteiger partial charge in [-0.15, -0.1) is 0 Å². The minimum Gasteiger partial charge on any atom is -0.335 e. The van der Waals surface area contributed by atoms with E-state index in [0.29, 0.717) is 5.02 Å². The first-order chi connectivity index (χ1) is 10.7.